The number of rotatable bonds is 6. The molecule has 0 aliphatic heterocycles. The van der Waals surface area contributed by atoms with Crippen molar-refractivity contribution >= 4 is 11.9 Å². The second-order valence-corrected chi connectivity index (χ2v) is 3.03. The van der Waals surface area contributed by atoms with E-state index in [1.165, 1.54) is 0 Å². The van der Waals surface area contributed by atoms with Crippen LogP contribution in [0.15, 0.2) is 12.7 Å². The van der Waals surface area contributed by atoms with E-state index < -0.39 is 17.5 Å². The Bertz CT molecular complexity index is 234. The van der Waals surface area contributed by atoms with Crippen molar-refractivity contribution in [1.29, 1.82) is 0 Å². The minimum Gasteiger partial charge on any atom is -0.478 e. The molecule has 80 valence electrons. The van der Waals surface area contributed by atoms with Crippen molar-refractivity contribution in [1.82, 2.24) is 0 Å². The Morgan fingerprint density at radius 2 is 2.07 bits per heavy atom. The third kappa shape index (κ3) is 2.87. The van der Waals surface area contributed by atoms with E-state index >= 15 is 0 Å². The van der Waals surface area contributed by atoms with Crippen molar-refractivity contribution in [3.8, 4) is 0 Å². The zero-order valence-electron chi connectivity index (χ0n) is 8.58. The summed E-state index contributed by atoms with van der Waals surface area (Å²) >= 11 is 0. The van der Waals surface area contributed by atoms with Gasteiger partial charge in [-0.15, -0.1) is 0 Å². The lowest BCUT2D eigenvalue weighted by atomic mass is 9.95. The van der Waals surface area contributed by atoms with Crippen molar-refractivity contribution in [2.75, 3.05) is 0 Å². The number of ether oxygens (including phenoxy) is 1. The molecule has 0 saturated heterocycles. The zero-order valence-corrected chi connectivity index (χ0v) is 8.58. The van der Waals surface area contributed by atoms with Gasteiger partial charge in [-0.2, -0.15) is 0 Å². The number of carbonyl (C=O) groups is 2. The summed E-state index contributed by atoms with van der Waals surface area (Å²) in [6, 6.07) is 0. The molecule has 0 spiro atoms. The Labute approximate surface area is 83.6 Å². The Morgan fingerprint density at radius 1 is 1.50 bits per heavy atom. The van der Waals surface area contributed by atoms with Crippen LogP contribution in [-0.2, 0) is 14.3 Å². The molecule has 0 bridgehead atoms. The lowest BCUT2D eigenvalue weighted by molar-refractivity contribution is -0.176. The molecule has 14 heavy (non-hydrogen) atoms. The van der Waals surface area contributed by atoms with Gasteiger partial charge in [-0.1, -0.05) is 26.8 Å². The molecule has 0 saturated carbocycles. The summed E-state index contributed by atoms with van der Waals surface area (Å²) in [6.45, 7) is 6.75. The second-order valence-electron chi connectivity index (χ2n) is 3.03. The van der Waals surface area contributed by atoms with Crippen LogP contribution in [0.4, 0.5) is 0 Å². The summed E-state index contributed by atoms with van der Waals surface area (Å²) in [6.07, 6.45) is 2.20. The van der Waals surface area contributed by atoms with Crippen LogP contribution in [-0.4, -0.2) is 22.6 Å². The first-order chi connectivity index (χ1) is 6.52. The second kappa shape index (κ2) is 5.42. The monoisotopic (exact) mass is 200 g/mol. The number of hydrogen-bond donors (Lipinski definition) is 1. The SMILES string of the molecule is C=CC(=O)OC(CC)(CCC)C(=O)O. The third-order valence-corrected chi connectivity index (χ3v) is 2.08. The Hall–Kier alpha value is -1.32. The average Bonchev–Trinajstić information content (AvgIpc) is 2.16. The van der Waals surface area contributed by atoms with Crippen LogP contribution in [0.3, 0.4) is 0 Å². The first kappa shape index (κ1) is 12.7. The number of aliphatic carboxylic acids is 1. The number of carbonyl (C=O) groups excluding carboxylic acids is 1. The lowest BCUT2D eigenvalue weighted by Gasteiger charge is -2.26. The number of carboxylic acids is 1. The predicted molar refractivity (Wildman–Crippen MR) is 51.9 cm³/mol. The fraction of sp³-hybridized carbons (Fsp3) is 0.600. The fourth-order valence-electron chi connectivity index (χ4n) is 1.24. The Kier molecular flexibility index (Phi) is 4.91. The van der Waals surface area contributed by atoms with Crippen LogP contribution in [0.1, 0.15) is 33.1 Å². The van der Waals surface area contributed by atoms with Gasteiger partial charge in [0.25, 0.3) is 0 Å². The van der Waals surface area contributed by atoms with Crippen molar-refractivity contribution < 1.29 is 19.4 Å². The van der Waals surface area contributed by atoms with Crippen LogP contribution >= 0.6 is 0 Å². The molecule has 4 heteroatoms. The van der Waals surface area contributed by atoms with E-state index in [9.17, 15) is 9.59 Å². The molecule has 1 unspecified atom stereocenters. The molecule has 0 heterocycles. The lowest BCUT2D eigenvalue weighted by Crippen LogP contribution is -2.42. The van der Waals surface area contributed by atoms with Gasteiger partial charge in [0.2, 0.25) is 5.60 Å². The summed E-state index contributed by atoms with van der Waals surface area (Å²) in [5.41, 5.74) is -1.39. The number of esters is 1. The van der Waals surface area contributed by atoms with Gasteiger partial charge in [0.15, 0.2) is 0 Å². The Morgan fingerprint density at radius 3 is 2.36 bits per heavy atom. The average molecular weight is 200 g/mol. The molecular formula is C10H16O4. The first-order valence-electron chi connectivity index (χ1n) is 4.61. The minimum atomic E-state index is -1.39. The van der Waals surface area contributed by atoms with Gasteiger partial charge in [-0.05, 0) is 12.8 Å². The highest BCUT2D eigenvalue weighted by atomic mass is 16.6. The van der Waals surface area contributed by atoms with E-state index in [1.807, 2.05) is 6.92 Å². The molecule has 4 nitrogen and oxygen atoms in total. The van der Waals surface area contributed by atoms with Gasteiger partial charge in [0, 0.05) is 6.08 Å². The summed E-state index contributed by atoms with van der Waals surface area (Å²) < 4.78 is 4.88. The van der Waals surface area contributed by atoms with E-state index in [2.05, 4.69) is 6.58 Å². The quantitative estimate of drug-likeness (QED) is 0.524. The van der Waals surface area contributed by atoms with E-state index in [4.69, 9.17) is 9.84 Å². The number of hydrogen-bond acceptors (Lipinski definition) is 3. The fourth-order valence-corrected chi connectivity index (χ4v) is 1.24. The summed E-state index contributed by atoms with van der Waals surface area (Å²) in [5, 5.41) is 8.99. The van der Waals surface area contributed by atoms with Crippen LogP contribution in [0.25, 0.3) is 0 Å². The number of carboxylic acid groups (broad SMARTS) is 1. The van der Waals surface area contributed by atoms with Crippen LogP contribution in [0.5, 0.6) is 0 Å². The van der Waals surface area contributed by atoms with E-state index in [1.54, 1.807) is 6.92 Å². The molecular weight excluding hydrogens is 184 g/mol. The maximum Gasteiger partial charge on any atom is 0.348 e. The topological polar surface area (TPSA) is 63.6 Å². The molecule has 0 rings (SSSR count). The van der Waals surface area contributed by atoms with Gasteiger partial charge >= 0.3 is 11.9 Å². The van der Waals surface area contributed by atoms with Crippen molar-refractivity contribution in [2.45, 2.75) is 38.7 Å². The van der Waals surface area contributed by atoms with Crippen LogP contribution in [0, 0.1) is 0 Å². The molecule has 1 atom stereocenters. The summed E-state index contributed by atoms with van der Waals surface area (Å²) in [5.74, 6) is -1.79. The smallest absolute Gasteiger partial charge is 0.348 e. The van der Waals surface area contributed by atoms with E-state index in [0.717, 1.165) is 6.08 Å². The maximum absolute atomic E-state index is 11.0. The molecule has 1 N–H and O–H groups in total. The first-order valence-corrected chi connectivity index (χ1v) is 4.61. The summed E-state index contributed by atoms with van der Waals surface area (Å²) in [4.78, 5) is 21.9. The molecule has 0 amide bonds. The molecule has 0 aromatic rings. The van der Waals surface area contributed by atoms with Gasteiger partial charge in [-0.3, -0.25) is 0 Å². The zero-order chi connectivity index (χ0) is 11.2. The predicted octanol–water partition coefficient (Wildman–Crippen LogP) is 1.75. The van der Waals surface area contributed by atoms with Crippen molar-refractivity contribution in [2.24, 2.45) is 0 Å². The molecule has 0 aromatic heterocycles. The highest BCUT2D eigenvalue weighted by Crippen LogP contribution is 2.23. The third-order valence-electron chi connectivity index (χ3n) is 2.08. The van der Waals surface area contributed by atoms with Gasteiger partial charge in [-0.25, -0.2) is 9.59 Å². The minimum absolute atomic E-state index is 0.260. The maximum atomic E-state index is 11.0. The molecule has 0 aliphatic carbocycles. The van der Waals surface area contributed by atoms with E-state index in [0.29, 0.717) is 12.8 Å². The largest absolute Gasteiger partial charge is 0.478 e. The standard InChI is InChI=1S/C10H16O4/c1-4-7-10(6-3,9(12)13)14-8(11)5-2/h5H,2,4,6-7H2,1,3H3,(H,12,13). The van der Waals surface area contributed by atoms with Crippen molar-refractivity contribution in [3.05, 3.63) is 12.7 Å². The Balaban J connectivity index is 4.74. The van der Waals surface area contributed by atoms with Crippen LogP contribution in [0.2, 0.25) is 0 Å². The van der Waals surface area contributed by atoms with Crippen molar-refractivity contribution in [3.63, 3.8) is 0 Å². The molecule has 0 aromatic carbocycles. The van der Waals surface area contributed by atoms with E-state index in [-0.39, 0.29) is 6.42 Å². The normalized spacial score (nSPS) is 14.1. The van der Waals surface area contributed by atoms with Gasteiger partial charge in [0.05, 0.1) is 0 Å². The van der Waals surface area contributed by atoms with Crippen LogP contribution < -0.4 is 0 Å². The molecule has 0 radical (unpaired) electrons. The van der Waals surface area contributed by atoms with Gasteiger partial charge < -0.3 is 9.84 Å². The molecule has 0 fully saturated rings. The highest BCUT2D eigenvalue weighted by Gasteiger charge is 2.39. The molecule has 0 aliphatic rings. The highest BCUT2D eigenvalue weighted by molar-refractivity contribution is 5.86. The summed E-state index contributed by atoms with van der Waals surface area (Å²) in [7, 11) is 0. The van der Waals surface area contributed by atoms with Gasteiger partial charge in [0.1, 0.15) is 0 Å².